The maximum Gasteiger partial charge on any atom is 0.199 e. The molecule has 0 aliphatic heterocycles. The van der Waals surface area contributed by atoms with E-state index in [1.54, 1.807) is 18.3 Å². The van der Waals surface area contributed by atoms with Crippen LogP contribution < -0.4 is 5.32 Å². The molecule has 0 spiro atoms. The van der Waals surface area contributed by atoms with Crippen LogP contribution in [0.5, 0.6) is 0 Å². The minimum atomic E-state index is -0.437. The maximum atomic E-state index is 13.7. The van der Waals surface area contributed by atoms with Crippen LogP contribution in [0.3, 0.4) is 0 Å². The van der Waals surface area contributed by atoms with Gasteiger partial charge >= 0.3 is 0 Å². The normalized spacial score (nSPS) is 10.4. The van der Waals surface area contributed by atoms with Crippen molar-refractivity contribution in [3.05, 3.63) is 47.5 Å². The molecular formula is C12H8FN7. The Labute approximate surface area is 112 Å². The Hall–Kier alpha value is -3.08. The smallest absolute Gasteiger partial charge is 0.199 e. The molecule has 0 radical (unpaired) electrons. The van der Waals surface area contributed by atoms with Gasteiger partial charge in [0, 0.05) is 12.1 Å². The highest BCUT2D eigenvalue weighted by molar-refractivity contribution is 5.44. The van der Waals surface area contributed by atoms with Crippen LogP contribution >= 0.6 is 0 Å². The van der Waals surface area contributed by atoms with Crippen molar-refractivity contribution in [2.24, 2.45) is 0 Å². The Bertz CT molecular complexity index is 805. The molecular weight excluding hydrogens is 261 g/mol. The molecule has 0 aliphatic carbocycles. The van der Waals surface area contributed by atoms with E-state index in [-0.39, 0.29) is 12.1 Å². The average Bonchev–Trinajstić information content (AvgIpc) is 2.95. The minimum absolute atomic E-state index is 0.234. The molecule has 1 N–H and O–H groups in total. The summed E-state index contributed by atoms with van der Waals surface area (Å²) in [7, 11) is 0. The van der Waals surface area contributed by atoms with Crippen LogP contribution in [0.15, 0.2) is 30.6 Å². The van der Waals surface area contributed by atoms with Crippen LogP contribution in [0, 0.1) is 17.1 Å². The molecule has 0 fully saturated rings. The highest BCUT2D eigenvalue weighted by Crippen LogP contribution is 2.13. The molecule has 2 aromatic heterocycles. The zero-order valence-corrected chi connectivity index (χ0v) is 10.2. The highest BCUT2D eigenvalue weighted by atomic mass is 19.1. The summed E-state index contributed by atoms with van der Waals surface area (Å²) >= 11 is 0. The number of nitrogens with zero attached hydrogens (tertiary/aromatic N) is 6. The molecule has 3 aromatic rings. The predicted molar refractivity (Wildman–Crippen MR) is 67.0 cm³/mol. The fourth-order valence-electron chi connectivity index (χ4n) is 1.74. The van der Waals surface area contributed by atoms with Gasteiger partial charge in [-0.2, -0.15) is 9.78 Å². The van der Waals surface area contributed by atoms with Crippen LogP contribution in [0.4, 0.5) is 10.2 Å². The van der Waals surface area contributed by atoms with Crippen LogP contribution in [-0.4, -0.2) is 25.0 Å². The highest BCUT2D eigenvalue weighted by Gasteiger charge is 2.06. The Kier molecular flexibility index (Phi) is 2.93. The second-order valence-electron chi connectivity index (χ2n) is 4.01. The third-order valence-corrected chi connectivity index (χ3v) is 2.75. The summed E-state index contributed by atoms with van der Waals surface area (Å²) in [6.45, 7) is 0.234. The number of tetrazole rings is 1. The Morgan fingerprint density at radius 1 is 1.35 bits per heavy atom. The van der Waals surface area contributed by atoms with Crippen molar-refractivity contribution in [2.45, 2.75) is 6.54 Å². The molecule has 0 aliphatic rings. The van der Waals surface area contributed by atoms with E-state index in [1.165, 1.54) is 16.8 Å². The summed E-state index contributed by atoms with van der Waals surface area (Å²) in [6, 6.07) is 6.22. The number of hydrogen-bond acceptors (Lipinski definition) is 6. The number of rotatable bonds is 3. The second kappa shape index (κ2) is 4.89. The average molecular weight is 269 g/mol. The predicted octanol–water partition coefficient (Wildman–Crippen LogP) is 1.14. The fraction of sp³-hybridized carbons (Fsp3) is 0.0833. The minimum Gasteiger partial charge on any atom is -0.364 e. The van der Waals surface area contributed by atoms with E-state index in [0.717, 1.165) is 0 Å². The number of nitriles is 1. The number of hydrogen-bond donors (Lipinski definition) is 1. The number of nitrogens with one attached hydrogen (secondary N) is 1. The lowest BCUT2D eigenvalue weighted by Crippen LogP contribution is -2.07. The lowest BCUT2D eigenvalue weighted by Gasteiger charge is -2.07. The Morgan fingerprint density at radius 3 is 3.05 bits per heavy atom. The molecule has 0 saturated carbocycles. The zero-order valence-electron chi connectivity index (χ0n) is 10.2. The molecule has 20 heavy (non-hydrogen) atoms. The van der Waals surface area contributed by atoms with E-state index < -0.39 is 5.82 Å². The molecule has 7 nitrogen and oxygen atoms in total. The zero-order chi connectivity index (χ0) is 13.9. The van der Waals surface area contributed by atoms with E-state index in [0.29, 0.717) is 17.0 Å². The number of benzene rings is 1. The van der Waals surface area contributed by atoms with Gasteiger partial charge in [0.1, 0.15) is 5.82 Å². The number of fused-ring (bicyclic) bond motifs is 1. The first-order valence-corrected chi connectivity index (χ1v) is 5.72. The summed E-state index contributed by atoms with van der Waals surface area (Å²) < 4.78 is 15.2. The third kappa shape index (κ3) is 2.12. The summed E-state index contributed by atoms with van der Waals surface area (Å²) in [5.74, 6) is 0.115. The Balaban J connectivity index is 1.83. The van der Waals surface area contributed by atoms with Crippen molar-refractivity contribution >= 4 is 11.5 Å². The van der Waals surface area contributed by atoms with Crippen LogP contribution in [-0.2, 0) is 6.54 Å². The van der Waals surface area contributed by atoms with Crippen LogP contribution in [0.25, 0.3) is 5.65 Å². The molecule has 8 heteroatoms. The van der Waals surface area contributed by atoms with Crippen molar-refractivity contribution in [3.63, 3.8) is 0 Å². The molecule has 98 valence electrons. The summed E-state index contributed by atoms with van der Waals surface area (Å²) in [6.07, 6.45) is 3.07. The van der Waals surface area contributed by atoms with E-state index in [1.807, 2.05) is 6.07 Å². The number of aromatic nitrogens is 5. The van der Waals surface area contributed by atoms with Gasteiger partial charge in [0.05, 0.1) is 24.0 Å². The molecule has 2 heterocycles. The first kappa shape index (κ1) is 12.0. The van der Waals surface area contributed by atoms with E-state index in [9.17, 15) is 4.39 Å². The Morgan fingerprint density at radius 2 is 2.25 bits per heavy atom. The first-order valence-electron chi connectivity index (χ1n) is 5.72. The molecule has 0 unspecified atom stereocenters. The van der Waals surface area contributed by atoms with Gasteiger partial charge in [-0.3, -0.25) is 4.98 Å². The van der Waals surface area contributed by atoms with Gasteiger partial charge < -0.3 is 5.32 Å². The SMILES string of the molecule is N#Cc1ccc(CNc2cncc3nnnn23)c(F)c1. The number of halogens is 1. The molecule has 0 bridgehead atoms. The summed E-state index contributed by atoms with van der Waals surface area (Å²) in [5.41, 5.74) is 1.22. The molecule has 3 rings (SSSR count). The van der Waals surface area contributed by atoms with Crippen LogP contribution in [0.1, 0.15) is 11.1 Å². The quantitative estimate of drug-likeness (QED) is 0.766. The van der Waals surface area contributed by atoms with Gasteiger partial charge in [0.25, 0.3) is 0 Å². The van der Waals surface area contributed by atoms with Crippen molar-refractivity contribution in [1.82, 2.24) is 25.0 Å². The molecule has 0 atom stereocenters. The lowest BCUT2D eigenvalue weighted by atomic mass is 10.1. The van der Waals surface area contributed by atoms with E-state index >= 15 is 0 Å². The van der Waals surface area contributed by atoms with Crippen LogP contribution in [0.2, 0.25) is 0 Å². The van der Waals surface area contributed by atoms with Gasteiger partial charge in [0.2, 0.25) is 0 Å². The van der Waals surface area contributed by atoms with E-state index in [4.69, 9.17) is 5.26 Å². The van der Waals surface area contributed by atoms with Gasteiger partial charge in [-0.05, 0) is 22.6 Å². The molecule has 0 amide bonds. The van der Waals surface area contributed by atoms with Gasteiger partial charge in [0.15, 0.2) is 11.5 Å². The molecule has 0 saturated heterocycles. The first-order chi connectivity index (χ1) is 9.78. The lowest BCUT2D eigenvalue weighted by molar-refractivity contribution is 0.612. The van der Waals surface area contributed by atoms with Crippen molar-refractivity contribution in [3.8, 4) is 6.07 Å². The van der Waals surface area contributed by atoms with Crippen molar-refractivity contribution < 1.29 is 4.39 Å². The third-order valence-electron chi connectivity index (χ3n) is 2.75. The van der Waals surface area contributed by atoms with Gasteiger partial charge in [-0.25, -0.2) is 4.39 Å². The van der Waals surface area contributed by atoms with Gasteiger partial charge in [-0.1, -0.05) is 6.07 Å². The van der Waals surface area contributed by atoms with Gasteiger partial charge in [-0.15, -0.1) is 5.10 Å². The standard InChI is InChI=1S/C12H8FN7/c13-10-3-8(4-14)1-2-9(10)5-16-11-6-15-7-12-17-18-19-20(11)12/h1-3,6-7,16H,5H2. The molecule has 1 aromatic carbocycles. The monoisotopic (exact) mass is 269 g/mol. The van der Waals surface area contributed by atoms with E-state index in [2.05, 4.69) is 25.8 Å². The van der Waals surface area contributed by atoms with Crippen molar-refractivity contribution in [2.75, 3.05) is 5.32 Å². The second-order valence-corrected chi connectivity index (χ2v) is 4.01. The van der Waals surface area contributed by atoms with Crippen molar-refractivity contribution in [1.29, 1.82) is 5.26 Å². The summed E-state index contributed by atoms with van der Waals surface area (Å²) in [4.78, 5) is 3.98. The largest absolute Gasteiger partial charge is 0.364 e. The summed E-state index contributed by atoms with van der Waals surface area (Å²) in [5, 5.41) is 22.8. The topological polar surface area (TPSA) is 91.8 Å². The maximum absolute atomic E-state index is 13.7. The number of anilines is 1. The fourth-order valence-corrected chi connectivity index (χ4v) is 1.74.